The van der Waals surface area contributed by atoms with Gasteiger partial charge in [0.2, 0.25) is 11.8 Å². The zero-order valence-electron chi connectivity index (χ0n) is 16.1. The summed E-state index contributed by atoms with van der Waals surface area (Å²) in [6, 6.07) is 15.2. The predicted molar refractivity (Wildman–Crippen MR) is 109 cm³/mol. The predicted octanol–water partition coefficient (Wildman–Crippen LogP) is 2.83. The van der Waals surface area contributed by atoms with Crippen LogP contribution in [-0.2, 0) is 29.0 Å². The van der Waals surface area contributed by atoms with Crippen LogP contribution in [0.4, 0.5) is 0 Å². The van der Waals surface area contributed by atoms with E-state index in [2.05, 4.69) is 4.98 Å². The van der Waals surface area contributed by atoms with Crippen LogP contribution in [0.2, 0.25) is 0 Å². The highest BCUT2D eigenvalue weighted by Crippen LogP contribution is 2.27. The first-order chi connectivity index (χ1) is 13.5. The van der Waals surface area contributed by atoms with Gasteiger partial charge in [-0.1, -0.05) is 42.5 Å². The number of amides is 2. The number of aromatic nitrogens is 1. The number of pyridine rings is 1. The molecule has 0 aliphatic carbocycles. The van der Waals surface area contributed by atoms with Gasteiger partial charge in [0.15, 0.2) is 0 Å². The minimum absolute atomic E-state index is 0.0958. The van der Waals surface area contributed by atoms with Crippen molar-refractivity contribution in [3.05, 3.63) is 76.5 Å². The van der Waals surface area contributed by atoms with Gasteiger partial charge < -0.3 is 10.6 Å². The minimum atomic E-state index is -0.614. The van der Waals surface area contributed by atoms with E-state index in [1.165, 1.54) is 0 Å². The van der Waals surface area contributed by atoms with Crippen molar-refractivity contribution in [2.75, 3.05) is 0 Å². The summed E-state index contributed by atoms with van der Waals surface area (Å²) in [5.74, 6) is -0.561. The van der Waals surface area contributed by atoms with Gasteiger partial charge in [0.05, 0.1) is 11.9 Å². The van der Waals surface area contributed by atoms with E-state index in [0.717, 1.165) is 38.9 Å². The molecule has 0 bridgehead atoms. The fourth-order valence-corrected chi connectivity index (χ4v) is 4.12. The van der Waals surface area contributed by atoms with Gasteiger partial charge in [-0.05, 0) is 42.2 Å². The minimum Gasteiger partial charge on any atom is -0.368 e. The lowest BCUT2D eigenvalue weighted by Gasteiger charge is -2.35. The molecule has 28 heavy (non-hydrogen) atoms. The molecular formula is C23H23N3O2. The van der Waals surface area contributed by atoms with Gasteiger partial charge in [-0.15, -0.1) is 0 Å². The maximum absolute atomic E-state index is 13.2. The van der Waals surface area contributed by atoms with Crippen molar-refractivity contribution in [1.82, 2.24) is 9.88 Å². The molecule has 2 aromatic carbocycles. The molecule has 4 rings (SSSR count). The summed E-state index contributed by atoms with van der Waals surface area (Å²) in [5.41, 5.74) is 11.5. The van der Waals surface area contributed by atoms with Gasteiger partial charge >= 0.3 is 0 Å². The molecule has 0 unspecified atom stereocenters. The second kappa shape index (κ2) is 7.08. The molecule has 3 aromatic rings. The molecule has 5 heteroatoms. The average molecular weight is 373 g/mol. The standard InChI is InChI=1S/C23H23N3O2/c1-14-18-9-5-6-10-20(18)25-15(2)19(14)12-22(27)26-13-17-8-4-3-7-16(17)11-21(26)23(24)28/h3-10,21H,11-13H2,1-2H3,(H2,24,28)/t21-/m0/s1. The average Bonchev–Trinajstić information content (AvgIpc) is 2.70. The molecule has 142 valence electrons. The van der Waals surface area contributed by atoms with E-state index in [9.17, 15) is 9.59 Å². The molecule has 0 radical (unpaired) electrons. The van der Waals surface area contributed by atoms with Gasteiger partial charge in [-0.25, -0.2) is 0 Å². The largest absolute Gasteiger partial charge is 0.368 e. The number of aryl methyl sites for hydroxylation is 2. The quantitative estimate of drug-likeness (QED) is 0.767. The molecule has 0 fully saturated rings. The highest BCUT2D eigenvalue weighted by atomic mass is 16.2. The molecule has 0 saturated carbocycles. The van der Waals surface area contributed by atoms with Crippen LogP contribution >= 0.6 is 0 Å². The first-order valence-electron chi connectivity index (χ1n) is 9.46. The number of hydrogen-bond donors (Lipinski definition) is 1. The van der Waals surface area contributed by atoms with Crippen LogP contribution in [0.1, 0.15) is 27.9 Å². The van der Waals surface area contributed by atoms with Crippen molar-refractivity contribution in [2.45, 2.75) is 39.3 Å². The third-order valence-electron chi connectivity index (χ3n) is 5.71. The Balaban J connectivity index is 1.68. The molecular weight excluding hydrogens is 350 g/mol. The Hall–Kier alpha value is -3.21. The van der Waals surface area contributed by atoms with Crippen LogP contribution in [0.15, 0.2) is 48.5 Å². The van der Waals surface area contributed by atoms with Gasteiger partial charge in [0, 0.05) is 24.0 Å². The zero-order valence-corrected chi connectivity index (χ0v) is 16.1. The molecule has 5 nitrogen and oxygen atoms in total. The lowest BCUT2D eigenvalue weighted by atomic mass is 9.92. The van der Waals surface area contributed by atoms with E-state index in [4.69, 9.17) is 5.73 Å². The Bertz CT molecular complexity index is 1090. The van der Waals surface area contributed by atoms with Crippen LogP contribution in [0, 0.1) is 13.8 Å². The molecule has 2 N–H and O–H groups in total. The zero-order chi connectivity index (χ0) is 19.8. The maximum atomic E-state index is 13.2. The number of nitrogens with two attached hydrogens (primary N) is 1. The van der Waals surface area contributed by atoms with Crippen LogP contribution in [0.3, 0.4) is 0 Å². The van der Waals surface area contributed by atoms with Crippen LogP contribution in [0.5, 0.6) is 0 Å². The lowest BCUT2D eigenvalue weighted by Crippen LogP contribution is -2.51. The van der Waals surface area contributed by atoms with E-state index >= 15 is 0 Å². The fourth-order valence-electron chi connectivity index (χ4n) is 4.12. The molecule has 2 heterocycles. The number of carbonyl (C=O) groups excluding carboxylic acids is 2. The SMILES string of the molecule is Cc1nc2ccccc2c(C)c1CC(=O)N1Cc2ccccc2C[C@H]1C(N)=O. The third-order valence-corrected chi connectivity index (χ3v) is 5.71. The van der Waals surface area contributed by atoms with Crippen molar-refractivity contribution in [3.63, 3.8) is 0 Å². The number of nitrogens with zero attached hydrogens (tertiary/aromatic N) is 2. The van der Waals surface area contributed by atoms with E-state index in [-0.39, 0.29) is 12.3 Å². The number of rotatable bonds is 3. The number of benzene rings is 2. The Morgan fingerprint density at radius 3 is 2.50 bits per heavy atom. The number of primary amides is 1. The first-order valence-corrected chi connectivity index (χ1v) is 9.46. The van der Waals surface area contributed by atoms with Crippen LogP contribution in [-0.4, -0.2) is 27.7 Å². The molecule has 1 aliphatic rings. The normalized spacial score (nSPS) is 16.1. The number of carbonyl (C=O) groups is 2. The van der Waals surface area contributed by atoms with E-state index in [1.807, 2.05) is 62.4 Å². The van der Waals surface area contributed by atoms with Crippen molar-refractivity contribution in [2.24, 2.45) is 5.73 Å². The van der Waals surface area contributed by atoms with Gasteiger partial charge in [-0.3, -0.25) is 14.6 Å². The Morgan fingerprint density at radius 2 is 1.75 bits per heavy atom. The number of fused-ring (bicyclic) bond motifs is 2. The molecule has 0 spiro atoms. The summed E-state index contributed by atoms with van der Waals surface area (Å²) in [6.45, 7) is 4.36. The Kier molecular flexibility index (Phi) is 4.59. The summed E-state index contributed by atoms with van der Waals surface area (Å²) in [6.07, 6.45) is 0.673. The lowest BCUT2D eigenvalue weighted by molar-refractivity contribution is -0.140. The van der Waals surface area contributed by atoms with E-state index in [1.54, 1.807) is 4.90 Å². The second-order valence-corrected chi connectivity index (χ2v) is 7.41. The van der Waals surface area contributed by atoms with E-state index in [0.29, 0.717) is 13.0 Å². The first kappa shape index (κ1) is 18.2. The van der Waals surface area contributed by atoms with Crippen LogP contribution < -0.4 is 5.73 Å². The van der Waals surface area contributed by atoms with E-state index < -0.39 is 11.9 Å². The topological polar surface area (TPSA) is 76.3 Å². The fraction of sp³-hybridized carbons (Fsp3) is 0.261. The summed E-state index contributed by atoms with van der Waals surface area (Å²) in [4.78, 5) is 31.6. The van der Waals surface area contributed by atoms with Crippen molar-refractivity contribution >= 4 is 22.7 Å². The molecule has 2 amide bonds. The molecule has 1 aromatic heterocycles. The van der Waals surface area contributed by atoms with Gasteiger partial charge in [0.25, 0.3) is 0 Å². The number of para-hydroxylation sites is 1. The monoisotopic (exact) mass is 373 g/mol. The highest BCUT2D eigenvalue weighted by Gasteiger charge is 2.33. The van der Waals surface area contributed by atoms with Gasteiger partial charge in [0.1, 0.15) is 6.04 Å². The summed E-state index contributed by atoms with van der Waals surface area (Å²) < 4.78 is 0. The summed E-state index contributed by atoms with van der Waals surface area (Å²) in [7, 11) is 0. The highest BCUT2D eigenvalue weighted by molar-refractivity contribution is 5.90. The molecule has 1 aliphatic heterocycles. The maximum Gasteiger partial charge on any atom is 0.240 e. The van der Waals surface area contributed by atoms with Crippen molar-refractivity contribution in [1.29, 1.82) is 0 Å². The number of hydrogen-bond acceptors (Lipinski definition) is 3. The Morgan fingerprint density at radius 1 is 1.07 bits per heavy atom. The van der Waals surface area contributed by atoms with Crippen molar-refractivity contribution < 1.29 is 9.59 Å². The molecule has 1 atom stereocenters. The van der Waals surface area contributed by atoms with Crippen LogP contribution in [0.25, 0.3) is 10.9 Å². The molecule has 0 saturated heterocycles. The Labute approximate surface area is 164 Å². The summed E-state index contributed by atoms with van der Waals surface area (Å²) in [5, 5.41) is 1.05. The summed E-state index contributed by atoms with van der Waals surface area (Å²) >= 11 is 0. The van der Waals surface area contributed by atoms with Crippen molar-refractivity contribution in [3.8, 4) is 0 Å². The van der Waals surface area contributed by atoms with Gasteiger partial charge in [-0.2, -0.15) is 0 Å². The third kappa shape index (κ3) is 3.13. The second-order valence-electron chi connectivity index (χ2n) is 7.41. The smallest absolute Gasteiger partial charge is 0.240 e.